The molecule has 0 aromatic heterocycles. The molecule has 0 radical (unpaired) electrons. The van der Waals surface area contributed by atoms with E-state index in [1.165, 1.54) is 6.42 Å². The minimum atomic E-state index is -0.657. The summed E-state index contributed by atoms with van der Waals surface area (Å²) >= 11 is 0. The third-order valence-electron chi connectivity index (χ3n) is 3.71. The maximum absolute atomic E-state index is 12.0. The van der Waals surface area contributed by atoms with Crippen molar-refractivity contribution in [3.8, 4) is 0 Å². The highest BCUT2D eigenvalue weighted by molar-refractivity contribution is 7.86. The summed E-state index contributed by atoms with van der Waals surface area (Å²) in [6.07, 6.45) is 5.74. The molecule has 1 N–H and O–H groups in total. The van der Waals surface area contributed by atoms with Crippen LogP contribution in [0.2, 0.25) is 0 Å². The fourth-order valence-corrected chi connectivity index (χ4v) is 5.59. The normalized spacial score (nSPS) is 45.7. The van der Waals surface area contributed by atoms with Gasteiger partial charge in [0.1, 0.15) is 0 Å². The second-order valence-corrected chi connectivity index (χ2v) is 7.72. The van der Waals surface area contributed by atoms with Crippen LogP contribution in [0.4, 0.5) is 0 Å². The van der Waals surface area contributed by atoms with Gasteiger partial charge in [-0.05, 0) is 38.0 Å². The van der Waals surface area contributed by atoms with Gasteiger partial charge >= 0.3 is 0 Å². The van der Waals surface area contributed by atoms with Gasteiger partial charge in [-0.25, -0.2) is 0 Å². The molecule has 0 aromatic carbocycles. The molecule has 2 saturated heterocycles. The number of fused-ring (bicyclic) bond motifs is 2. The molecule has 3 heteroatoms. The van der Waals surface area contributed by atoms with Crippen LogP contribution in [-0.4, -0.2) is 25.4 Å². The Morgan fingerprint density at radius 3 is 2.33 bits per heavy atom. The lowest BCUT2D eigenvalue weighted by molar-refractivity contribution is -0.00726. The first-order valence-corrected chi connectivity index (χ1v) is 7.39. The molecule has 2 atom stereocenters. The van der Waals surface area contributed by atoms with E-state index in [2.05, 4.69) is 13.8 Å². The van der Waals surface area contributed by atoms with Crippen molar-refractivity contribution < 1.29 is 9.32 Å². The summed E-state index contributed by atoms with van der Waals surface area (Å²) in [7, 11) is -0.657. The molecule has 2 rings (SSSR count). The van der Waals surface area contributed by atoms with Crippen LogP contribution < -0.4 is 0 Å². The van der Waals surface area contributed by atoms with Gasteiger partial charge in [-0.3, -0.25) is 4.21 Å². The first-order valence-electron chi connectivity index (χ1n) is 6.12. The molecular weight excluding hydrogens is 208 g/mol. The summed E-state index contributed by atoms with van der Waals surface area (Å²) in [5.74, 6) is 0.530. The van der Waals surface area contributed by atoms with E-state index in [9.17, 15) is 9.32 Å². The van der Waals surface area contributed by atoms with Crippen molar-refractivity contribution in [1.29, 1.82) is 0 Å². The minimum absolute atomic E-state index is 0.279. The monoisotopic (exact) mass is 230 g/mol. The summed E-state index contributed by atoms with van der Waals surface area (Å²) in [5.41, 5.74) is -0.516. The standard InChI is InChI=1S/C12H22O2S/c1-9(2)6-12(13)7-10-4-3-5-11(8-12)15(10)14/h9-11,13H,3-8H2,1-2H3. The Kier molecular flexibility index (Phi) is 3.22. The van der Waals surface area contributed by atoms with E-state index < -0.39 is 16.4 Å². The number of hydrogen-bond donors (Lipinski definition) is 1. The average Bonchev–Trinajstić information content (AvgIpc) is 2.06. The first kappa shape index (κ1) is 11.6. The quantitative estimate of drug-likeness (QED) is 0.790. The molecule has 88 valence electrons. The molecular formula is C12H22O2S. The molecule has 2 bridgehead atoms. The Balaban J connectivity index is 2.09. The van der Waals surface area contributed by atoms with Crippen molar-refractivity contribution in [3.63, 3.8) is 0 Å². The van der Waals surface area contributed by atoms with Gasteiger partial charge in [0, 0.05) is 21.3 Å². The van der Waals surface area contributed by atoms with Crippen molar-refractivity contribution >= 4 is 10.8 Å². The fraction of sp³-hybridized carbons (Fsp3) is 1.00. The van der Waals surface area contributed by atoms with Gasteiger partial charge in [-0.2, -0.15) is 0 Å². The van der Waals surface area contributed by atoms with Gasteiger partial charge in [0.15, 0.2) is 0 Å². The zero-order chi connectivity index (χ0) is 11.1. The lowest BCUT2D eigenvalue weighted by Crippen LogP contribution is -2.49. The van der Waals surface area contributed by atoms with Crippen molar-refractivity contribution in [2.75, 3.05) is 0 Å². The van der Waals surface area contributed by atoms with Crippen LogP contribution in [0, 0.1) is 5.92 Å². The van der Waals surface area contributed by atoms with Gasteiger partial charge in [0.25, 0.3) is 0 Å². The van der Waals surface area contributed by atoms with Crippen LogP contribution >= 0.6 is 0 Å². The Labute approximate surface area is 94.9 Å². The molecule has 2 aliphatic rings. The van der Waals surface area contributed by atoms with Crippen molar-refractivity contribution in [2.45, 2.75) is 68.5 Å². The smallest absolute Gasteiger partial charge is 0.0673 e. The van der Waals surface area contributed by atoms with Crippen LogP contribution in [0.3, 0.4) is 0 Å². The van der Waals surface area contributed by atoms with Crippen LogP contribution in [0.5, 0.6) is 0 Å². The van der Waals surface area contributed by atoms with Crippen LogP contribution in [0.25, 0.3) is 0 Å². The van der Waals surface area contributed by atoms with Gasteiger partial charge < -0.3 is 5.11 Å². The van der Waals surface area contributed by atoms with E-state index in [-0.39, 0.29) is 10.5 Å². The van der Waals surface area contributed by atoms with Crippen molar-refractivity contribution in [3.05, 3.63) is 0 Å². The minimum Gasteiger partial charge on any atom is -0.390 e. The molecule has 0 spiro atoms. The van der Waals surface area contributed by atoms with Crippen molar-refractivity contribution in [1.82, 2.24) is 0 Å². The predicted molar refractivity (Wildman–Crippen MR) is 63.2 cm³/mol. The summed E-state index contributed by atoms with van der Waals surface area (Å²) < 4.78 is 12.0. The Morgan fingerprint density at radius 1 is 1.33 bits per heavy atom. The molecule has 0 saturated carbocycles. The first-order chi connectivity index (χ1) is 7.00. The molecule has 2 heterocycles. The molecule has 0 aliphatic carbocycles. The third-order valence-corrected chi connectivity index (χ3v) is 5.83. The molecule has 2 unspecified atom stereocenters. The van der Waals surface area contributed by atoms with Gasteiger partial charge in [0.2, 0.25) is 0 Å². The largest absolute Gasteiger partial charge is 0.390 e. The maximum Gasteiger partial charge on any atom is 0.0673 e. The highest BCUT2D eigenvalue weighted by Crippen LogP contribution is 2.41. The molecule has 2 aliphatic heterocycles. The second kappa shape index (κ2) is 4.17. The summed E-state index contributed by atoms with van der Waals surface area (Å²) in [6.45, 7) is 4.30. The van der Waals surface area contributed by atoms with E-state index in [0.717, 1.165) is 32.1 Å². The highest BCUT2D eigenvalue weighted by Gasteiger charge is 2.45. The highest BCUT2D eigenvalue weighted by atomic mass is 32.2. The number of hydrogen-bond acceptors (Lipinski definition) is 2. The van der Waals surface area contributed by atoms with E-state index in [1.807, 2.05) is 0 Å². The van der Waals surface area contributed by atoms with Gasteiger partial charge in [0.05, 0.1) is 5.60 Å². The zero-order valence-electron chi connectivity index (χ0n) is 9.74. The third kappa shape index (κ3) is 2.44. The lowest BCUT2D eigenvalue weighted by atomic mass is 9.80. The summed E-state index contributed by atoms with van der Waals surface area (Å²) in [6, 6.07) is 0. The number of rotatable bonds is 2. The van der Waals surface area contributed by atoms with Crippen LogP contribution in [0.15, 0.2) is 0 Å². The second-order valence-electron chi connectivity index (χ2n) is 5.73. The topological polar surface area (TPSA) is 37.3 Å². The Morgan fingerprint density at radius 2 is 1.87 bits per heavy atom. The maximum atomic E-state index is 12.0. The van der Waals surface area contributed by atoms with Gasteiger partial charge in [-0.15, -0.1) is 0 Å². The predicted octanol–water partition coefficient (Wildman–Crippen LogP) is 2.23. The Hall–Kier alpha value is 0.110. The summed E-state index contributed by atoms with van der Waals surface area (Å²) in [5, 5.41) is 11.1. The molecule has 0 aromatic rings. The zero-order valence-corrected chi connectivity index (χ0v) is 10.6. The van der Waals surface area contributed by atoms with Crippen LogP contribution in [0.1, 0.15) is 52.4 Å². The molecule has 2 fully saturated rings. The lowest BCUT2D eigenvalue weighted by Gasteiger charge is -2.44. The Bertz CT molecular complexity index is 246. The summed E-state index contributed by atoms with van der Waals surface area (Å²) in [4.78, 5) is 0. The number of aliphatic hydroxyl groups is 1. The van der Waals surface area contributed by atoms with Crippen molar-refractivity contribution in [2.24, 2.45) is 5.92 Å². The van der Waals surface area contributed by atoms with Gasteiger partial charge in [-0.1, -0.05) is 20.3 Å². The SMILES string of the molecule is CC(C)CC1(O)CC2CCCC(C1)S2=O. The van der Waals surface area contributed by atoms with E-state index >= 15 is 0 Å². The van der Waals surface area contributed by atoms with E-state index in [4.69, 9.17) is 0 Å². The van der Waals surface area contributed by atoms with E-state index in [1.54, 1.807) is 0 Å². The average molecular weight is 230 g/mol. The van der Waals surface area contributed by atoms with E-state index in [0.29, 0.717) is 5.92 Å². The fourth-order valence-electron chi connectivity index (χ4n) is 3.30. The molecule has 2 nitrogen and oxygen atoms in total. The van der Waals surface area contributed by atoms with Crippen LogP contribution in [-0.2, 0) is 10.8 Å². The molecule has 15 heavy (non-hydrogen) atoms. The molecule has 0 amide bonds.